The third-order valence-electron chi connectivity index (χ3n) is 3.61. The number of benzene rings is 2. The van der Waals surface area contributed by atoms with E-state index in [0.29, 0.717) is 0 Å². The molecule has 0 bridgehead atoms. The van der Waals surface area contributed by atoms with Gasteiger partial charge in [0.2, 0.25) is 0 Å². The average Bonchev–Trinajstić information content (AvgIpc) is 3.04. The largest absolute Gasteiger partial charge is 0.497 e. The van der Waals surface area contributed by atoms with Crippen LogP contribution in [0.25, 0.3) is 10.4 Å². The molecule has 112 valence electrons. The molecule has 1 aromatic heterocycles. The van der Waals surface area contributed by atoms with Crippen LogP contribution in [0, 0.1) is 0 Å². The Morgan fingerprint density at radius 1 is 0.955 bits per heavy atom. The Labute approximate surface area is 135 Å². The summed E-state index contributed by atoms with van der Waals surface area (Å²) in [5, 5.41) is 0. The van der Waals surface area contributed by atoms with Crippen LogP contribution in [0.2, 0.25) is 0 Å². The van der Waals surface area contributed by atoms with Gasteiger partial charge in [0.05, 0.1) is 13.7 Å². The van der Waals surface area contributed by atoms with Crippen molar-refractivity contribution in [2.45, 2.75) is 6.54 Å². The van der Waals surface area contributed by atoms with Crippen molar-refractivity contribution in [2.75, 3.05) is 19.1 Å². The summed E-state index contributed by atoms with van der Waals surface area (Å²) in [4.78, 5) is 4.90. The maximum atomic E-state index is 5.29. The molecule has 0 aliphatic rings. The molecule has 0 saturated carbocycles. The van der Waals surface area contributed by atoms with Gasteiger partial charge in [-0.05, 0) is 29.8 Å². The fraction of sp³-hybridized carbons (Fsp3) is 0.158. The highest BCUT2D eigenvalue weighted by atomic mass is 32.1. The Morgan fingerprint density at radius 3 is 2.55 bits per heavy atom. The minimum Gasteiger partial charge on any atom is -0.497 e. The monoisotopic (exact) mass is 309 g/mol. The van der Waals surface area contributed by atoms with Crippen LogP contribution in [0.4, 0.5) is 5.69 Å². The van der Waals surface area contributed by atoms with Crippen LogP contribution in [0.15, 0.2) is 66.7 Å². The summed E-state index contributed by atoms with van der Waals surface area (Å²) in [6, 6.07) is 23.1. The van der Waals surface area contributed by atoms with Gasteiger partial charge in [0.25, 0.3) is 0 Å². The van der Waals surface area contributed by atoms with Crippen molar-refractivity contribution in [1.82, 2.24) is 0 Å². The highest BCUT2D eigenvalue weighted by Crippen LogP contribution is 2.29. The van der Waals surface area contributed by atoms with Crippen LogP contribution in [0.3, 0.4) is 0 Å². The number of hydrogen-bond donors (Lipinski definition) is 0. The number of rotatable bonds is 5. The van der Waals surface area contributed by atoms with Crippen LogP contribution in [0.5, 0.6) is 5.75 Å². The predicted molar refractivity (Wildman–Crippen MR) is 94.9 cm³/mol. The van der Waals surface area contributed by atoms with E-state index in [1.54, 1.807) is 7.11 Å². The molecule has 2 nitrogen and oxygen atoms in total. The first-order valence-electron chi connectivity index (χ1n) is 7.25. The second-order valence-corrected chi connectivity index (χ2v) is 6.36. The molecule has 0 unspecified atom stereocenters. The van der Waals surface area contributed by atoms with Gasteiger partial charge in [0.1, 0.15) is 5.75 Å². The summed E-state index contributed by atoms with van der Waals surface area (Å²) >= 11 is 1.85. The number of hydrogen-bond acceptors (Lipinski definition) is 3. The molecule has 2 aromatic carbocycles. The quantitative estimate of drug-likeness (QED) is 0.653. The van der Waals surface area contributed by atoms with E-state index in [2.05, 4.69) is 66.5 Å². The number of anilines is 1. The molecule has 22 heavy (non-hydrogen) atoms. The number of thiophene rings is 1. The molecule has 0 N–H and O–H groups in total. The molecule has 0 radical (unpaired) electrons. The van der Waals surface area contributed by atoms with Gasteiger partial charge in [-0.15, -0.1) is 11.3 Å². The summed E-state index contributed by atoms with van der Waals surface area (Å²) in [6.45, 7) is 0.894. The Hall–Kier alpha value is -2.26. The van der Waals surface area contributed by atoms with Gasteiger partial charge >= 0.3 is 0 Å². The third kappa shape index (κ3) is 3.31. The zero-order chi connectivity index (χ0) is 15.4. The molecular weight excluding hydrogens is 290 g/mol. The van der Waals surface area contributed by atoms with E-state index in [1.165, 1.54) is 15.3 Å². The maximum absolute atomic E-state index is 5.29. The number of nitrogens with zero attached hydrogens (tertiary/aromatic N) is 1. The van der Waals surface area contributed by atoms with E-state index in [9.17, 15) is 0 Å². The van der Waals surface area contributed by atoms with Crippen molar-refractivity contribution in [3.63, 3.8) is 0 Å². The van der Waals surface area contributed by atoms with Crippen molar-refractivity contribution in [1.29, 1.82) is 0 Å². The minimum absolute atomic E-state index is 0.889. The Bertz CT molecular complexity index is 736. The second-order valence-electron chi connectivity index (χ2n) is 5.19. The molecule has 0 fully saturated rings. The molecule has 0 atom stereocenters. The minimum atomic E-state index is 0.889. The molecular formula is C19H19NOS. The van der Waals surface area contributed by atoms with Gasteiger partial charge in [-0.25, -0.2) is 0 Å². The molecule has 0 saturated heterocycles. The van der Waals surface area contributed by atoms with Crippen LogP contribution < -0.4 is 9.64 Å². The highest BCUT2D eigenvalue weighted by molar-refractivity contribution is 7.15. The lowest BCUT2D eigenvalue weighted by Crippen LogP contribution is -2.15. The summed E-state index contributed by atoms with van der Waals surface area (Å²) in [5.74, 6) is 0.889. The van der Waals surface area contributed by atoms with E-state index in [0.717, 1.165) is 18.0 Å². The zero-order valence-electron chi connectivity index (χ0n) is 12.8. The van der Waals surface area contributed by atoms with Crippen LogP contribution in [-0.2, 0) is 6.54 Å². The molecule has 0 aliphatic heterocycles. The molecule has 0 amide bonds. The standard InChI is InChI=1S/C19H19NOS/c1-20(16-9-6-10-17(13-16)21-2)14-18-11-12-19(22-18)15-7-4-3-5-8-15/h3-13H,14H2,1-2H3. The molecule has 0 spiro atoms. The average molecular weight is 309 g/mol. The maximum Gasteiger partial charge on any atom is 0.120 e. The fourth-order valence-electron chi connectivity index (χ4n) is 2.39. The van der Waals surface area contributed by atoms with Crippen LogP contribution >= 0.6 is 11.3 Å². The summed E-state index contributed by atoms with van der Waals surface area (Å²) in [7, 11) is 3.81. The molecule has 1 heterocycles. The molecule has 3 aromatic rings. The normalized spacial score (nSPS) is 10.5. The lowest BCUT2D eigenvalue weighted by molar-refractivity contribution is 0.415. The lowest BCUT2D eigenvalue weighted by Gasteiger charge is -2.19. The van der Waals surface area contributed by atoms with Crippen molar-refractivity contribution >= 4 is 17.0 Å². The molecule has 3 rings (SSSR count). The molecule has 3 heteroatoms. The Balaban J connectivity index is 1.74. The Morgan fingerprint density at radius 2 is 1.77 bits per heavy atom. The van der Waals surface area contributed by atoms with E-state index < -0.39 is 0 Å². The van der Waals surface area contributed by atoms with Gasteiger partial charge < -0.3 is 9.64 Å². The topological polar surface area (TPSA) is 12.5 Å². The van der Waals surface area contributed by atoms with Crippen LogP contribution in [-0.4, -0.2) is 14.2 Å². The van der Waals surface area contributed by atoms with Gasteiger partial charge in [0, 0.05) is 28.6 Å². The summed E-state index contributed by atoms with van der Waals surface area (Å²) < 4.78 is 5.29. The van der Waals surface area contributed by atoms with Crippen molar-refractivity contribution < 1.29 is 4.74 Å². The Kier molecular flexibility index (Phi) is 4.45. The van der Waals surface area contributed by atoms with Gasteiger partial charge in [0.15, 0.2) is 0 Å². The fourth-order valence-corrected chi connectivity index (χ4v) is 3.46. The number of methoxy groups -OCH3 is 1. The van der Waals surface area contributed by atoms with E-state index in [4.69, 9.17) is 4.74 Å². The highest BCUT2D eigenvalue weighted by Gasteiger charge is 2.07. The first-order chi connectivity index (χ1) is 10.8. The van der Waals surface area contributed by atoms with Gasteiger partial charge in [-0.3, -0.25) is 0 Å². The number of ether oxygens (including phenoxy) is 1. The van der Waals surface area contributed by atoms with Crippen LogP contribution in [0.1, 0.15) is 4.88 Å². The first kappa shape index (κ1) is 14.7. The van der Waals surface area contributed by atoms with Crippen molar-refractivity contribution in [3.8, 4) is 16.2 Å². The predicted octanol–water partition coefficient (Wildman–Crippen LogP) is 5.06. The van der Waals surface area contributed by atoms with E-state index in [-0.39, 0.29) is 0 Å². The summed E-state index contributed by atoms with van der Waals surface area (Å²) in [6.07, 6.45) is 0. The van der Waals surface area contributed by atoms with Gasteiger partial charge in [-0.1, -0.05) is 36.4 Å². The van der Waals surface area contributed by atoms with E-state index in [1.807, 2.05) is 23.5 Å². The van der Waals surface area contributed by atoms with Crippen molar-refractivity contribution in [3.05, 3.63) is 71.6 Å². The van der Waals surface area contributed by atoms with Crippen molar-refractivity contribution in [2.24, 2.45) is 0 Å². The first-order valence-corrected chi connectivity index (χ1v) is 8.07. The molecule has 0 aliphatic carbocycles. The SMILES string of the molecule is COc1cccc(N(C)Cc2ccc(-c3ccccc3)s2)c1. The smallest absolute Gasteiger partial charge is 0.120 e. The van der Waals surface area contributed by atoms with E-state index >= 15 is 0 Å². The lowest BCUT2D eigenvalue weighted by atomic mass is 10.2. The summed E-state index contributed by atoms with van der Waals surface area (Å²) in [5.41, 5.74) is 2.44. The van der Waals surface area contributed by atoms with Gasteiger partial charge in [-0.2, -0.15) is 0 Å². The third-order valence-corrected chi connectivity index (χ3v) is 4.73. The second kappa shape index (κ2) is 6.67. The zero-order valence-corrected chi connectivity index (χ0v) is 13.6.